The summed E-state index contributed by atoms with van der Waals surface area (Å²) in [6, 6.07) is 0. The van der Waals surface area contributed by atoms with Crippen molar-refractivity contribution >= 4 is 34.3 Å². The summed E-state index contributed by atoms with van der Waals surface area (Å²) in [4.78, 5) is 24.7. The number of rotatable bonds is 2. The lowest BCUT2D eigenvalue weighted by Gasteiger charge is -2.63. The Hall–Kier alpha value is -0.760. The number of thioether (sulfide) groups is 1. The summed E-state index contributed by atoms with van der Waals surface area (Å²) in [5.74, 6) is -2.30. The van der Waals surface area contributed by atoms with Gasteiger partial charge in [0.05, 0.1) is 11.3 Å². The van der Waals surface area contributed by atoms with Gasteiger partial charge in [0.1, 0.15) is 11.8 Å². The first-order valence-electron chi connectivity index (χ1n) is 10.3. The predicted octanol–water partition coefficient (Wildman–Crippen LogP) is 3.74. The molecular weight excluding hydrogens is 434 g/mol. The summed E-state index contributed by atoms with van der Waals surface area (Å²) in [5, 5.41) is 22.2. The van der Waals surface area contributed by atoms with Crippen LogP contribution in [0.1, 0.15) is 40.0 Å². The standard InChI is InChI=1S/C22H27ClF2O4S/c1-11-6-13-14-8-16(24)15-7-12(26)4-5-19(15,2)21(14,25)17(27)9-20(13,3)22(11,29)18(28)30-10-23/h4-5,7,11,13-14,16-17,27,29H,6,8-10H2,1-3H3/t11-,13+,14+,16+,17+,19-,20+,21+,22+/m1/s1. The molecule has 8 heteroatoms. The molecule has 0 aromatic heterocycles. The van der Waals surface area contributed by atoms with Gasteiger partial charge in [0.15, 0.2) is 11.5 Å². The highest BCUT2D eigenvalue weighted by atomic mass is 35.5. The Morgan fingerprint density at radius 1 is 1.33 bits per heavy atom. The number of aliphatic hydroxyl groups is 2. The van der Waals surface area contributed by atoms with Gasteiger partial charge in [0, 0.05) is 16.7 Å². The van der Waals surface area contributed by atoms with Crippen molar-refractivity contribution < 1.29 is 28.6 Å². The molecule has 0 amide bonds. The van der Waals surface area contributed by atoms with Crippen molar-refractivity contribution in [3.8, 4) is 0 Å². The second-order valence-corrected chi connectivity index (χ2v) is 11.3. The first kappa shape index (κ1) is 22.4. The van der Waals surface area contributed by atoms with Crippen LogP contribution in [-0.2, 0) is 9.59 Å². The summed E-state index contributed by atoms with van der Waals surface area (Å²) in [5.41, 5.74) is -6.53. The highest BCUT2D eigenvalue weighted by molar-refractivity contribution is 8.14. The first-order valence-corrected chi connectivity index (χ1v) is 11.8. The fraction of sp³-hybridized carbons (Fsp3) is 0.727. The Labute approximate surface area is 184 Å². The lowest BCUT2D eigenvalue weighted by Crippen LogP contribution is -2.70. The number of hydrogen-bond acceptors (Lipinski definition) is 5. The van der Waals surface area contributed by atoms with E-state index >= 15 is 8.78 Å². The van der Waals surface area contributed by atoms with Gasteiger partial charge in [-0.05, 0) is 55.7 Å². The number of halogens is 3. The second-order valence-electron chi connectivity index (χ2n) is 9.80. The number of carbonyl (C=O) groups is 2. The van der Waals surface area contributed by atoms with Crippen LogP contribution in [-0.4, -0.2) is 49.9 Å². The molecule has 2 N–H and O–H groups in total. The SMILES string of the molecule is C[C@@H]1C[C@H]2[C@@H]3C[C@H](F)C4=CC(=O)C=C[C@@]4(C)[C@@]3(F)[C@@H](O)C[C@]2(C)[C@@]1(O)C(=O)SCCl. The molecule has 0 unspecified atom stereocenters. The van der Waals surface area contributed by atoms with Crippen LogP contribution in [0.5, 0.6) is 0 Å². The fourth-order valence-corrected chi connectivity index (χ4v) is 8.19. The quantitative estimate of drug-likeness (QED) is 0.614. The molecule has 4 aliphatic rings. The fourth-order valence-electron chi connectivity index (χ4n) is 7.13. The Bertz CT molecular complexity index is 864. The summed E-state index contributed by atoms with van der Waals surface area (Å²) < 4.78 is 32.3. The zero-order valence-corrected chi connectivity index (χ0v) is 18.8. The van der Waals surface area contributed by atoms with Crippen LogP contribution in [0.2, 0.25) is 0 Å². The molecule has 4 rings (SSSR count). The van der Waals surface area contributed by atoms with Gasteiger partial charge in [0.25, 0.3) is 0 Å². The number of ketones is 1. The molecule has 0 radical (unpaired) electrons. The minimum Gasteiger partial charge on any atom is -0.390 e. The van der Waals surface area contributed by atoms with Crippen molar-refractivity contribution in [1.29, 1.82) is 0 Å². The van der Waals surface area contributed by atoms with E-state index in [2.05, 4.69) is 0 Å². The number of alkyl halides is 3. The zero-order chi connectivity index (χ0) is 22.3. The van der Waals surface area contributed by atoms with E-state index in [1.807, 2.05) is 0 Å². The van der Waals surface area contributed by atoms with E-state index in [9.17, 15) is 19.8 Å². The Morgan fingerprint density at radius 3 is 2.63 bits per heavy atom. The largest absolute Gasteiger partial charge is 0.390 e. The van der Waals surface area contributed by atoms with Gasteiger partial charge in [-0.15, -0.1) is 11.6 Å². The maximum atomic E-state index is 17.0. The summed E-state index contributed by atoms with van der Waals surface area (Å²) in [7, 11) is 0. The Balaban J connectivity index is 1.84. The topological polar surface area (TPSA) is 74.6 Å². The zero-order valence-electron chi connectivity index (χ0n) is 17.2. The first-order chi connectivity index (χ1) is 13.9. The van der Waals surface area contributed by atoms with Crippen LogP contribution in [0, 0.1) is 28.6 Å². The molecule has 0 heterocycles. The maximum Gasteiger partial charge on any atom is 0.222 e. The summed E-state index contributed by atoms with van der Waals surface area (Å²) in [6.45, 7) is 4.98. The number of carbonyl (C=O) groups excluding carboxylic acids is 2. The molecule has 30 heavy (non-hydrogen) atoms. The third-order valence-electron chi connectivity index (χ3n) is 8.71. The predicted molar refractivity (Wildman–Crippen MR) is 111 cm³/mol. The van der Waals surface area contributed by atoms with Gasteiger partial charge < -0.3 is 10.2 Å². The van der Waals surface area contributed by atoms with E-state index in [0.29, 0.717) is 6.42 Å². The number of allylic oxidation sites excluding steroid dienone is 4. The van der Waals surface area contributed by atoms with Crippen LogP contribution >= 0.6 is 23.4 Å². The van der Waals surface area contributed by atoms with Gasteiger partial charge in [-0.3, -0.25) is 9.59 Å². The molecule has 0 spiro atoms. The minimum absolute atomic E-state index is 0.0226. The lowest BCUT2D eigenvalue weighted by atomic mass is 9.44. The van der Waals surface area contributed by atoms with Crippen LogP contribution in [0.3, 0.4) is 0 Å². The molecule has 3 fully saturated rings. The van der Waals surface area contributed by atoms with E-state index in [1.54, 1.807) is 13.8 Å². The molecule has 3 saturated carbocycles. The van der Waals surface area contributed by atoms with E-state index in [1.165, 1.54) is 19.1 Å². The molecule has 0 aromatic rings. The molecule has 0 bridgehead atoms. The number of hydrogen-bond donors (Lipinski definition) is 2. The molecule has 4 aliphatic carbocycles. The van der Waals surface area contributed by atoms with Crippen molar-refractivity contribution in [2.24, 2.45) is 28.6 Å². The van der Waals surface area contributed by atoms with Gasteiger partial charge in [-0.25, -0.2) is 8.78 Å². The van der Waals surface area contributed by atoms with Crippen LogP contribution in [0.15, 0.2) is 23.8 Å². The van der Waals surface area contributed by atoms with Gasteiger partial charge in [0.2, 0.25) is 5.12 Å². The minimum atomic E-state index is -2.21. The van der Waals surface area contributed by atoms with Gasteiger partial charge >= 0.3 is 0 Å². The van der Waals surface area contributed by atoms with E-state index in [0.717, 1.165) is 17.8 Å². The van der Waals surface area contributed by atoms with Crippen molar-refractivity contribution in [2.75, 3.05) is 5.21 Å². The summed E-state index contributed by atoms with van der Waals surface area (Å²) in [6.07, 6.45) is 0.699. The second kappa shape index (κ2) is 6.87. The van der Waals surface area contributed by atoms with Crippen molar-refractivity contribution in [2.45, 2.75) is 63.6 Å². The van der Waals surface area contributed by atoms with E-state index in [4.69, 9.17) is 11.6 Å². The molecular formula is C22H27ClF2O4S. The van der Waals surface area contributed by atoms with Gasteiger partial charge in [-0.2, -0.15) is 0 Å². The van der Waals surface area contributed by atoms with Crippen LogP contribution < -0.4 is 0 Å². The third kappa shape index (κ3) is 2.46. The highest BCUT2D eigenvalue weighted by Gasteiger charge is 2.76. The average Bonchev–Trinajstić information content (AvgIpc) is 2.88. The van der Waals surface area contributed by atoms with Crippen molar-refractivity contribution in [3.63, 3.8) is 0 Å². The monoisotopic (exact) mass is 460 g/mol. The average molecular weight is 461 g/mol. The van der Waals surface area contributed by atoms with E-state index < -0.39 is 63.0 Å². The molecule has 0 aliphatic heterocycles. The summed E-state index contributed by atoms with van der Waals surface area (Å²) >= 11 is 6.53. The number of fused-ring (bicyclic) bond motifs is 5. The molecule has 0 saturated heterocycles. The van der Waals surface area contributed by atoms with Gasteiger partial charge in [-0.1, -0.05) is 31.7 Å². The Morgan fingerprint density at radius 2 is 2.00 bits per heavy atom. The molecule has 166 valence electrons. The van der Waals surface area contributed by atoms with Crippen molar-refractivity contribution in [1.82, 2.24) is 0 Å². The molecule has 9 atom stereocenters. The normalized spacial score (nSPS) is 52.3. The van der Waals surface area contributed by atoms with E-state index in [-0.39, 0.29) is 23.6 Å². The smallest absolute Gasteiger partial charge is 0.222 e. The highest BCUT2D eigenvalue weighted by Crippen LogP contribution is 2.71. The Kier molecular flexibility index (Phi) is 5.14. The third-order valence-corrected chi connectivity index (χ3v) is 9.72. The number of aliphatic hydroxyl groups excluding tert-OH is 1. The molecule has 0 aromatic carbocycles. The lowest BCUT2D eigenvalue weighted by molar-refractivity contribution is -0.221. The molecule has 4 nitrogen and oxygen atoms in total. The maximum absolute atomic E-state index is 17.0. The van der Waals surface area contributed by atoms with Crippen LogP contribution in [0.4, 0.5) is 8.78 Å². The van der Waals surface area contributed by atoms with Crippen molar-refractivity contribution in [3.05, 3.63) is 23.8 Å². The van der Waals surface area contributed by atoms with Crippen LogP contribution in [0.25, 0.3) is 0 Å².